The van der Waals surface area contributed by atoms with Crippen LogP contribution in [0.15, 0.2) is 23.5 Å². The van der Waals surface area contributed by atoms with Crippen LogP contribution in [0.25, 0.3) is 6.08 Å². The van der Waals surface area contributed by atoms with Gasteiger partial charge in [0.25, 0.3) is 5.56 Å². The molecule has 0 radical (unpaired) electrons. The van der Waals surface area contributed by atoms with Crippen LogP contribution in [-0.4, -0.2) is 27.4 Å². The lowest BCUT2D eigenvalue weighted by Crippen LogP contribution is -2.22. The molecule has 0 spiro atoms. The third-order valence-electron chi connectivity index (χ3n) is 4.10. The number of aromatic hydroxyl groups is 1. The topological polar surface area (TPSA) is 67.2 Å². The third-order valence-corrected chi connectivity index (χ3v) is 4.42. The molecule has 1 aromatic heterocycles. The average Bonchev–Trinajstić information content (AvgIpc) is 2.51. The van der Waals surface area contributed by atoms with Crippen LogP contribution in [0.1, 0.15) is 45.6 Å². The first-order valence-electron chi connectivity index (χ1n) is 8.12. The highest BCUT2D eigenvalue weighted by molar-refractivity contribution is 7.71. The number of rotatable bonds is 9. The van der Waals surface area contributed by atoms with Crippen LogP contribution in [-0.2, 0) is 11.3 Å². The first kappa shape index (κ1) is 20.4. The van der Waals surface area contributed by atoms with Crippen LogP contribution in [0.3, 0.4) is 0 Å². The van der Waals surface area contributed by atoms with Crippen LogP contribution >= 0.6 is 12.2 Å². The molecule has 0 aliphatic heterocycles. The van der Waals surface area contributed by atoms with E-state index in [1.54, 1.807) is 19.3 Å². The Hall–Kier alpha value is -1.66. The molecule has 6 heteroatoms. The Balaban J connectivity index is 2.83. The predicted octanol–water partition coefficient (Wildman–Crippen LogP) is 4.04. The third kappa shape index (κ3) is 5.76. The minimum Gasteiger partial charge on any atom is -0.494 e. The van der Waals surface area contributed by atoms with Crippen molar-refractivity contribution in [3.63, 3.8) is 0 Å². The van der Waals surface area contributed by atoms with Crippen molar-refractivity contribution >= 4 is 18.3 Å². The van der Waals surface area contributed by atoms with Crippen LogP contribution in [0.2, 0.25) is 0 Å². The monoisotopic (exact) mass is 352 g/mol. The summed E-state index contributed by atoms with van der Waals surface area (Å²) >= 11 is 5.06. The van der Waals surface area contributed by atoms with Gasteiger partial charge in [0, 0.05) is 13.7 Å². The Labute approximate surface area is 148 Å². The van der Waals surface area contributed by atoms with Crippen molar-refractivity contribution in [1.29, 1.82) is 0 Å². The SMILES string of the molecule is C=CCn1c(O)c(C=CC(C)CCCC(C)(C)OC)c(=O)[nH]c1=S. The molecule has 0 fully saturated rings. The molecule has 0 aromatic carbocycles. The molecule has 0 aliphatic rings. The molecule has 1 unspecified atom stereocenters. The first-order valence-corrected chi connectivity index (χ1v) is 8.53. The predicted molar refractivity (Wildman–Crippen MR) is 101 cm³/mol. The van der Waals surface area contributed by atoms with Gasteiger partial charge in [-0.25, -0.2) is 0 Å². The summed E-state index contributed by atoms with van der Waals surface area (Å²) < 4.78 is 7.03. The number of hydrogen-bond donors (Lipinski definition) is 2. The van der Waals surface area contributed by atoms with Crippen molar-refractivity contribution in [3.8, 4) is 5.88 Å². The molecular weight excluding hydrogens is 324 g/mol. The van der Waals surface area contributed by atoms with E-state index in [-0.39, 0.29) is 33.3 Å². The Kier molecular flexibility index (Phi) is 7.63. The highest BCUT2D eigenvalue weighted by atomic mass is 32.1. The summed E-state index contributed by atoms with van der Waals surface area (Å²) in [6.07, 6.45) is 8.18. The average molecular weight is 352 g/mol. The number of aromatic amines is 1. The van der Waals surface area contributed by atoms with Gasteiger partial charge in [0.05, 0.1) is 11.2 Å². The van der Waals surface area contributed by atoms with Gasteiger partial charge >= 0.3 is 0 Å². The molecule has 134 valence electrons. The fourth-order valence-electron chi connectivity index (χ4n) is 2.33. The van der Waals surface area contributed by atoms with Crippen molar-refractivity contribution < 1.29 is 9.84 Å². The number of ether oxygens (including phenoxy) is 1. The number of nitrogens with zero attached hydrogens (tertiary/aromatic N) is 1. The zero-order valence-corrected chi connectivity index (χ0v) is 15.8. The molecule has 24 heavy (non-hydrogen) atoms. The lowest BCUT2D eigenvalue weighted by Gasteiger charge is -2.23. The van der Waals surface area contributed by atoms with Crippen LogP contribution in [0.5, 0.6) is 5.88 Å². The molecule has 0 saturated heterocycles. The zero-order valence-electron chi connectivity index (χ0n) is 15.0. The van der Waals surface area contributed by atoms with Gasteiger partial charge in [0.2, 0.25) is 5.88 Å². The minimum absolute atomic E-state index is 0.117. The molecule has 0 saturated carbocycles. The summed E-state index contributed by atoms with van der Waals surface area (Å²) in [7, 11) is 1.72. The fraction of sp³-hybridized carbons (Fsp3) is 0.556. The van der Waals surface area contributed by atoms with E-state index in [0.717, 1.165) is 19.3 Å². The summed E-state index contributed by atoms with van der Waals surface area (Å²) in [6.45, 7) is 10.2. The Morgan fingerprint density at radius 1 is 1.50 bits per heavy atom. The van der Waals surface area contributed by atoms with E-state index in [9.17, 15) is 9.90 Å². The Bertz CT molecular complexity index is 701. The molecule has 1 rings (SSSR count). The van der Waals surface area contributed by atoms with Gasteiger partial charge in [0.15, 0.2) is 4.77 Å². The first-order chi connectivity index (χ1) is 11.2. The minimum atomic E-state index is -0.387. The summed E-state index contributed by atoms with van der Waals surface area (Å²) in [5.41, 5.74) is -0.287. The normalized spacial score (nSPS) is 13.3. The van der Waals surface area contributed by atoms with Crippen molar-refractivity contribution in [2.75, 3.05) is 7.11 Å². The maximum atomic E-state index is 12.0. The summed E-state index contributed by atoms with van der Waals surface area (Å²) in [4.78, 5) is 14.6. The largest absolute Gasteiger partial charge is 0.494 e. The van der Waals surface area contributed by atoms with E-state index < -0.39 is 0 Å². The van der Waals surface area contributed by atoms with Gasteiger partial charge in [-0.15, -0.1) is 6.58 Å². The Morgan fingerprint density at radius 3 is 2.75 bits per heavy atom. The van der Waals surface area contributed by atoms with E-state index in [4.69, 9.17) is 17.0 Å². The molecule has 0 aliphatic carbocycles. The van der Waals surface area contributed by atoms with Gasteiger partial charge in [-0.1, -0.05) is 25.5 Å². The van der Waals surface area contributed by atoms with Gasteiger partial charge in [-0.3, -0.25) is 14.3 Å². The maximum absolute atomic E-state index is 12.0. The van der Waals surface area contributed by atoms with Crippen LogP contribution in [0, 0.1) is 10.7 Å². The second-order valence-electron chi connectivity index (χ2n) is 6.59. The molecule has 0 amide bonds. The molecule has 0 bridgehead atoms. The van der Waals surface area contributed by atoms with Gasteiger partial charge in [-0.2, -0.15) is 0 Å². The summed E-state index contributed by atoms with van der Waals surface area (Å²) in [5, 5.41) is 10.3. The van der Waals surface area contributed by atoms with Gasteiger partial charge in [0.1, 0.15) is 0 Å². The van der Waals surface area contributed by atoms with Crippen molar-refractivity contribution in [1.82, 2.24) is 9.55 Å². The quantitative estimate of drug-likeness (QED) is 0.520. The number of methoxy groups -OCH3 is 1. The number of H-pyrrole nitrogens is 1. The lowest BCUT2D eigenvalue weighted by atomic mass is 9.96. The molecule has 1 aromatic rings. The zero-order chi connectivity index (χ0) is 18.3. The van der Waals surface area contributed by atoms with E-state index in [1.807, 2.05) is 6.08 Å². The van der Waals surface area contributed by atoms with E-state index in [0.29, 0.717) is 6.54 Å². The highest BCUT2D eigenvalue weighted by Crippen LogP contribution is 2.21. The molecule has 5 nitrogen and oxygen atoms in total. The number of hydrogen-bond acceptors (Lipinski definition) is 4. The molecule has 1 heterocycles. The second kappa shape index (κ2) is 8.99. The number of nitrogens with one attached hydrogen (secondary N) is 1. The number of allylic oxidation sites excluding steroid dienone is 2. The van der Waals surface area contributed by atoms with E-state index in [2.05, 4.69) is 32.3 Å². The number of aromatic nitrogens is 2. The molecule has 2 N–H and O–H groups in total. The van der Waals surface area contributed by atoms with Crippen molar-refractivity contribution in [2.24, 2.45) is 5.92 Å². The summed E-state index contributed by atoms with van der Waals surface area (Å²) in [6, 6.07) is 0. The fourth-order valence-corrected chi connectivity index (χ4v) is 2.59. The smallest absolute Gasteiger partial charge is 0.262 e. The van der Waals surface area contributed by atoms with Crippen LogP contribution in [0.4, 0.5) is 0 Å². The highest BCUT2D eigenvalue weighted by Gasteiger charge is 2.16. The standard InChI is InChI=1S/C18H28N2O3S/c1-6-12-20-16(22)14(15(21)19-17(20)24)10-9-13(2)8-7-11-18(3,4)23-5/h6,9-10,13,22H,1,7-8,11-12H2,2-5H3,(H,19,21,24). The maximum Gasteiger partial charge on any atom is 0.262 e. The van der Waals surface area contributed by atoms with E-state index >= 15 is 0 Å². The summed E-state index contributed by atoms with van der Waals surface area (Å²) in [5.74, 6) is 0.153. The van der Waals surface area contributed by atoms with Crippen molar-refractivity contribution in [2.45, 2.75) is 52.2 Å². The second-order valence-corrected chi connectivity index (χ2v) is 6.97. The van der Waals surface area contributed by atoms with Crippen LogP contribution < -0.4 is 5.56 Å². The molecule has 1 atom stereocenters. The van der Waals surface area contributed by atoms with Crippen molar-refractivity contribution in [3.05, 3.63) is 39.4 Å². The van der Waals surface area contributed by atoms with Gasteiger partial charge < -0.3 is 9.84 Å². The Morgan fingerprint density at radius 2 is 2.17 bits per heavy atom. The van der Waals surface area contributed by atoms with E-state index in [1.165, 1.54) is 4.57 Å². The van der Waals surface area contributed by atoms with Gasteiger partial charge in [-0.05, 0) is 50.9 Å². The lowest BCUT2D eigenvalue weighted by molar-refractivity contribution is 0.0130. The molecular formula is C18H28N2O3S.